The van der Waals surface area contributed by atoms with Crippen molar-refractivity contribution in [3.63, 3.8) is 0 Å². The molecule has 1 aromatic rings. The Labute approximate surface area is 268 Å². The predicted molar refractivity (Wildman–Crippen MR) is 173 cm³/mol. The van der Waals surface area contributed by atoms with Gasteiger partial charge in [0.05, 0.1) is 5.71 Å². The minimum Gasteiger partial charge on any atom is -0.457 e. The number of amides is 1. The van der Waals surface area contributed by atoms with Gasteiger partial charge in [-0.05, 0) is 81.1 Å². The summed E-state index contributed by atoms with van der Waals surface area (Å²) in [6.45, 7) is 15.7. The Kier molecular flexibility index (Phi) is 11.9. The highest BCUT2D eigenvalue weighted by Gasteiger charge is 2.53. The average molecular weight is 629 g/mol. The monoisotopic (exact) mass is 628 g/mol. The van der Waals surface area contributed by atoms with Crippen molar-refractivity contribution in [2.24, 2.45) is 45.2 Å². The number of oxime groups is 1. The van der Waals surface area contributed by atoms with Gasteiger partial charge in [0.25, 0.3) is 5.67 Å². The summed E-state index contributed by atoms with van der Waals surface area (Å²) in [5.41, 5.74) is -2.61. The lowest BCUT2D eigenvalue weighted by Gasteiger charge is -2.45. The van der Waals surface area contributed by atoms with E-state index in [2.05, 4.69) is 17.1 Å². The highest BCUT2D eigenvalue weighted by atomic mass is 19.1. The maximum Gasteiger partial charge on any atom is 0.351 e. The predicted octanol–water partition coefficient (Wildman–Crippen LogP) is 7.06. The number of ether oxygens (including phenoxy) is 1. The van der Waals surface area contributed by atoms with Gasteiger partial charge in [-0.1, -0.05) is 77.0 Å². The summed E-state index contributed by atoms with van der Waals surface area (Å²) in [4.78, 5) is 49.9. The molecule has 0 spiro atoms. The summed E-state index contributed by atoms with van der Waals surface area (Å²) in [7, 11) is 0. The largest absolute Gasteiger partial charge is 0.457 e. The summed E-state index contributed by atoms with van der Waals surface area (Å²) in [6.07, 6.45) is 1.70. The third-order valence-electron chi connectivity index (χ3n) is 10.8. The summed E-state index contributed by atoms with van der Waals surface area (Å²) in [5.74, 6) is -4.78. The molecule has 2 fully saturated rings. The first-order valence-electron chi connectivity index (χ1n) is 16.4. The van der Waals surface area contributed by atoms with Crippen LogP contribution in [0, 0.1) is 35.0 Å². The molecular formula is C36H53FN2O6. The molecule has 9 atom stereocenters. The minimum absolute atomic E-state index is 0.187. The lowest BCUT2D eigenvalue weighted by Crippen LogP contribution is -2.55. The number of benzene rings is 1. The summed E-state index contributed by atoms with van der Waals surface area (Å²) < 4.78 is 21.8. The zero-order chi connectivity index (χ0) is 33.7. The third kappa shape index (κ3) is 8.27. The number of esters is 1. The first kappa shape index (κ1) is 36.5. The zero-order valence-corrected chi connectivity index (χ0v) is 28.6. The van der Waals surface area contributed by atoms with Crippen molar-refractivity contribution in [1.82, 2.24) is 0 Å². The Morgan fingerprint density at radius 2 is 1.71 bits per heavy atom. The van der Waals surface area contributed by atoms with Gasteiger partial charge in [0.1, 0.15) is 18.3 Å². The van der Waals surface area contributed by atoms with Crippen LogP contribution in [0.5, 0.6) is 0 Å². The van der Waals surface area contributed by atoms with Crippen LogP contribution in [0.1, 0.15) is 106 Å². The van der Waals surface area contributed by atoms with Crippen LogP contribution in [-0.2, 0) is 30.6 Å². The fourth-order valence-corrected chi connectivity index (χ4v) is 7.61. The van der Waals surface area contributed by atoms with Gasteiger partial charge in [-0.3, -0.25) is 9.59 Å². The number of nitrogens with zero attached hydrogens (tertiary/aromatic N) is 2. The Morgan fingerprint density at radius 1 is 1.07 bits per heavy atom. The molecule has 45 heavy (non-hydrogen) atoms. The van der Waals surface area contributed by atoms with Crippen molar-refractivity contribution in [3.8, 4) is 0 Å². The molecule has 0 radical (unpaired) electrons. The number of aliphatic hydroxyl groups is 1. The van der Waals surface area contributed by atoms with Gasteiger partial charge >= 0.3 is 5.97 Å². The molecule has 1 N–H and O–H groups in total. The zero-order valence-electron chi connectivity index (χ0n) is 28.6. The van der Waals surface area contributed by atoms with Crippen LogP contribution >= 0.6 is 0 Å². The van der Waals surface area contributed by atoms with Crippen molar-refractivity contribution in [2.75, 3.05) is 0 Å². The van der Waals surface area contributed by atoms with E-state index in [1.54, 1.807) is 20.8 Å². The number of fused-ring (bicyclic) bond motifs is 5. The lowest BCUT2D eigenvalue weighted by atomic mass is 9.62. The average Bonchev–Trinajstić information content (AvgIpc) is 3.00. The standard InChI is InChI=1S/C36H53FN2O6/c1-10-30-36(9,43)29-17-16-28(39-44-21-27-14-12-11-13-15-27)18-19-34(7,20-22(2)31(24(29)4)38-26(6)40)25(5)23(3)32(41)35(8,37)33(42)45-30/h11-15,22-25,29-30,43H,10,16-21H2,1-9H3/b38-31+,39-28+/t22-,23-,24-,25-,29-,30-,34-,35+,36+/m1/s1. The van der Waals surface area contributed by atoms with E-state index in [1.165, 1.54) is 6.92 Å². The SMILES string of the molecule is CC[C@H]1OC(=O)[C@@](C)(F)C(=O)[C@H](C)[C@@H](C)[C@]2(C)CC/C(=N/OCc3ccccc3)CC[C@H]([C@@H](C)/C(=N/C(C)=O)[C@H](C)C2)[C@]1(C)O. The number of aliphatic imine (C=N–C) groups is 1. The first-order valence-corrected chi connectivity index (χ1v) is 16.4. The lowest BCUT2D eigenvalue weighted by molar-refractivity contribution is -0.186. The van der Waals surface area contributed by atoms with Crippen molar-refractivity contribution < 1.29 is 33.5 Å². The van der Waals surface area contributed by atoms with Crippen LogP contribution in [0.25, 0.3) is 0 Å². The van der Waals surface area contributed by atoms with Gasteiger partial charge in [-0.15, -0.1) is 0 Å². The Morgan fingerprint density at radius 3 is 2.31 bits per heavy atom. The van der Waals surface area contributed by atoms with Gasteiger partial charge in [0, 0.05) is 24.5 Å². The van der Waals surface area contributed by atoms with E-state index >= 15 is 4.39 Å². The molecule has 250 valence electrons. The fraction of sp³-hybridized carbons (Fsp3) is 0.694. The number of carbonyl (C=O) groups excluding carboxylic acids is 3. The van der Waals surface area contributed by atoms with Gasteiger partial charge in [0.2, 0.25) is 5.91 Å². The van der Waals surface area contributed by atoms with E-state index < -0.39 is 52.3 Å². The molecule has 9 heteroatoms. The van der Waals surface area contributed by atoms with E-state index in [0.717, 1.165) is 18.2 Å². The molecule has 0 unspecified atom stereocenters. The van der Waals surface area contributed by atoms with Crippen LogP contribution in [0.4, 0.5) is 4.39 Å². The maximum atomic E-state index is 16.1. The summed E-state index contributed by atoms with van der Waals surface area (Å²) >= 11 is 0. The number of cyclic esters (lactones) is 1. The van der Waals surface area contributed by atoms with E-state index in [0.29, 0.717) is 44.4 Å². The number of hydrogen-bond donors (Lipinski definition) is 1. The molecule has 1 aromatic carbocycles. The molecule has 2 aliphatic rings. The second-order valence-corrected chi connectivity index (χ2v) is 14.1. The minimum atomic E-state index is -2.88. The van der Waals surface area contributed by atoms with Crippen LogP contribution in [-0.4, -0.2) is 51.6 Å². The fourth-order valence-electron chi connectivity index (χ4n) is 7.61. The summed E-state index contributed by atoms with van der Waals surface area (Å²) in [6, 6.07) is 9.75. The Hall–Kier alpha value is -2.94. The highest BCUT2D eigenvalue weighted by molar-refractivity contribution is 6.07. The van der Waals surface area contributed by atoms with Crippen molar-refractivity contribution in [1.29, 1.82) is 0 Å². The van der Waals surface area contributed by atoms with E-state index in [1.807, 2.05) is 51.1 Å². The van der Waals surface area contributed by atoms with Crippen molar-refractivity contribution in [3.05, 3.63) is 35.9 Å². The Bertz CT molecular complexity index is 1280. The van der Waals surface area contributed by atoms with Crippen molar-refractivity contribution >= 4 is 29.1 Å². The number of alkyl halides is 1. The van der Waals surface area contributed by atoms with Gasteiger partial charge < -0.3 is 14.7 Å². The number of Topliss-reactive ketones (excluding diaryl/α,β-unsaturated/α-hetero) is 1. The number of hydrogen-bond acceptors (Lipinski definition) is 7. The molecule has 8 nitrogen and oxygen atoms in total. The van der Waals surface area contributed by atoms with Crippen LogP contribution in [0.3, 0.4) is 0 Å². The molecule has 0 aromatic heterocycles. The molecule has 1 saturated heterocycles. The normalized spacial score (nSPS) is 39.0. The first-order chi connectivity index (χ1) is 21.0. The smallest absolute Gasteiger partial charge is 0.351 e. The van der Waals surface area contributed by atoms with Crippen LogP contribution in [0.15, 0.2) is 40.5 Å². The van der Waals surface area contributed by atoms with E-state index in [9.17, 15) is 19.5 Å². The summed E-state index contributed by atoms with van der Waals surface area (Å²) in [5, 5.41) is 16.8. The molecule has 1 amide bonds. The quantitative estimate of drug-likeness (QED) is 0.217. The van der Waals surface area contributed by atoms with Gasteiger partial charge in [-0.25, -0.2) is 14.2 Å². The molecular weight excluding hydrogens is 575 g/mol. The molecule has 2 bridgehead atoms. The number of rotatable bonds is 4. The molecule has 1 heterocycles. The second-order valence-electron chi connectivity index (χ2n) is 14.1. The highest BCUT2D eigenvalue weighted by Crippen LogP contribution is 2.47. The number of halogens is 1. The number of carbonyl (C=O) groups is 3. The second kappa shape index (κ2) is 14.7. The molecule has 3 rings (SSSR count). The van der Waals surface area contributed by atoms with Gasteiger partial charge in [0.15, 0.2) is 5.78 Å². The Balaban J connectivity index is 2.24. The van der Waals surface area contributed by atoms with Crippen LogP contribution < -0.4 is 0 Å². The van der Waals surface area contributed by atoms with E-state index in [4.69, 9.17) is 9.57 Å². The van der Waals surface area contributed by atoms with Gasteiger partial charge in [-0.2, -0.15) is 0 Å². The third-order valence-corrected chi connectivity index (χ3v) is 10.8. The van der Waals surface area contributed by atoms with E-state index in [-0.39, 0.29) is 24.2 Å². The maximum absolute atomic E-state index is 16.1. The molecule has 1 saturated carbocycles. The number of ketones is 1. The molecule has 1 aliphatic carbocycles. The van der Waals surface area contributed by atoms with Crippen molar-refractivity contribution in [2.45, 2.75) is 125 Å². The topological polar surface area (TPSA) is 115 Å². The van der Waals surface area contributed by atoms with Crippen LogP contribution in [0.2, 0.25) is 0 Å². The molecule has 1 aliphatic heterocycles.